The number of amides is 1. The number of nitrogens with zero attached hydrogens (tertiary/aromatic N) is 1. The molecule has 0 spiro atoms. The molecule has 4 heteroatoms. The van der Waals surface area contributed by atoms with Gasteiger partial charge < -0.3 is 4.90 Å². The third kappa shape index (κ3) is 4.17. The zero-order chi connectivity index (χ0) is 14.5. The van der Waals surface area contributed by atoms with Gasteiger partial charge in [0, 0.05) is 42.0 Å². The maximum absolute atomic E-state index is 12.1. The number of hydrogen-bond donors (Lipinski definition) is 0. The summed E-state index contributed by atoms with van der Waals surface area (Å²) in [5.41, 5.74) is 1.73. The van der Waals surface area contributed by atoms with Gasteiger partial charge in [-0.05, 0) is 36.5 Å². The summed E-state index contributed by atoms with van der Waals surface area (Å²) in [6.45, 7) is 0. The SMILES string of the molecule is CN(C)C(=O)c1ccc(CS(=O)CC2CCCC2)cc1. The minimum Gasteiger partial charge on any atom is -0.345 e. The molecule has 0 bridgehead atoms. The molecule has 1 aromatic carbocycles. The van der Waals surface area contributed by atoms with Gasteiger partial charge in [-0.25, -0.2) is 0 Å². The lowest BCUT2D eigenvalue weighted by Crippen LogP contribution is -2.21. The Morgan fingerprint density at radius 3 is 2.35 bits per heavy atom. The molecule has 2 rings (SSSR count). The van der Waals surface area contributed by atoms with Crippen LogP contribution in [-0.4, -0.2) is 34.9 Å². The zero-order valence-electron chi connectivity index (χ0n) is 12.3. The molecule has 20 heavy (non-hydrogen) atoms. The average molecular weight is 293 g/mol. The number of rotatable bonds is 5. The number of carbonyl (C=O) groups excluding carboxylic acids is 1. The summed E-state index contributed by atoms with van der Waals surface area (Å²) >= 11 is 0. The van der Waals surface area contributed by atoms with Crippen LogP contribution in [0.15, 0.2) is 24.3 Å². The van der Waals surface area contributed by atoms with E-state index in [2.05, 4.69) is 0 Å². The van der Waals surface area contributed by atoms with E-state index >= 15 is 0 Å². The fraction of sp³-hybridized carbons (Fsp3) is 0.562. The van der Waals surface area contributed by atoms with Crippen molar-refractivity contribution in [2.75, 3.05) is 19.8 Å². The van der Waals surface area contributed by atoms with Crippen LogP contribution < -0.4 is 0 Å². The van der Waals surface area contributed by atoms with Crippen LogP contribution in [0, 0.1) is 5.92 Å². The van der Waals surface area contributed by atoms with Crippen LogP contribution in [-0.2, 0) is 16.6 Å². The van der Waals surface area contributed by atoms with Crippen molar-refractivity contribution < 1.29 is 9.00 Å². The first-order valence-electron chi connectivity index (χ1n) is 7.22. The lowest BCUT2D eigenvalue weighted by Gasteiger charge is -2.11. The molecular weight excluding hydrogens is 270 g/mol. The molecule has 1 fully saturated rings. The number of carbonyl (C=O) groups is 1. The third-order valence-corrected chi connectivity index (χ3v) is 5.33. The summed E-state index contributed by atoms with van der Waals surface area (Å²) < 4.78 is 12.1. The predicted octanol–water partition coefficient (Wildman–Crippen LogP) is 2.83. The Labute approximate surface area is 123 Å². The van der Waals surface area contributed by atoms with Crippen LogP contribution in [0.25, 0.3) is 0 Å². The van der Waals surface area contributed by atoms with Crippen LogP contribution in [0.3, 0.4) is 0 Å². The Morgan fingerprint density at radius 2 is 1.80 bits per heavy atom. The summed E-state index contributed by atoms with van der Waals surface area (Å²) in [6, 6.07) is 7.49. The minimum absolute atomic E-state index is 0.00336. The lowest BCUT2D eigenvalue weighted by atomic mass is 10.1. The van der Waals surface area contributed by atoms with Gasteiger partial charge in [-0.2, -0.15) is 0 Å². The molecule has 0 heterocycles. The second-order valence-electron chi connectivity index (χ2n) is 5.80. The molecule has 1 aliphatic rings. The Kier molecular flexibility index (Phi) is 5.35. The summed E-state index contributed by atoms with van der Waals surface area (Å²) in [4.78, 5) is 13.3. The first-order valence-corrected chi connectivity index (χ1v) is 8.70. The lowest BCUT2D eigenvalue weighted by molar-refractivity contribution is 0.0827. The minimum atomic E-state index is -0.782. The molecule has 0 aliphatic heterocycles. The van der Waals surface area contributed by atoms with Gasteiger partial charge >= 0.3 is 0 Å². The highest BCUT2D eigenvalue weighted by atomic mass is 32.2. The first kappa shape index (κ1) is 15.2. The van der Waals surface area contributed by atoms with E-state index in [-0.39, 0.29) is 5.91 Å². The molecule has 1 aliphatic carbocycles. The molecule has 1 unspecified atom stereocenters. The van der Waals surface area contributed by atoms with Crippen molar-refractivity contribution in [3.8, 4) is 0 Å². The molecule has 0 N–H and O–H groups in total. The van der Waals surface area contributed by atoms with E-state index in [1.54, 1.807) is 19.0 Å². The average Bonchev–Trinajstić information content (AvgIpc) is 2.91. The second-order valence-corrected chi connectivity index (χ2v) is 7.30. The van der Waals surface area contributed by atoms with E-state index in [9.17, 15) is 9.00 Å². The van der Waals surface area contributed by atoms with Gasteiger partial charge in [-0.1, -0.05) is 25.0 Å². The van der Waals surface area contributed by atoms with Crippen molar-refractivity contribution in [2.24, 2.45) is 5.92 Å². The summed E-state index contributed by atoms with van der Waals surface area (Å²) in [5, 5.41) is 0. The topological polar surface area (TPSA) is 37.4 Å². The maximum Gasteiger partial charge on any atom is 0.253 e. The van der Waals surface area contributed by atoms with Crippen LogP contribution in [0.1, 0.15) is 41.6 Å². The number of hydrogen-bond acceptors (Lipinski definition) is 2. The van der Waals surface area contributed by atoms with Gasteiger partial charge in [0.15, 0.2) is 0 Å². The van der Waals surface area contributed by atoms with E-state index in [4.69, 9.17) is 0 Å². The predicted molar refractivity (Wildman–Crippen MR) is 83.1 cm³/mol. The van der Waals surface area contributed by atoms with E-state index in [1.807, 2.05) is 24.3 Å². The van der Waals surface area contributed by atoms with Crippen molar-refractivity contribution in [1.82, 2.24) is 4.90 Å². The van der Waals surface area contributed by atoms with Gasteiger partial charge in [0.25, 0.3) is 5.91 Å². The van der Waals surface area contributed by atoms with Gasteiger partial charge in [0.05, 0.1) is 0 Å². The van der Waals surface area contributed by atoms with Crippen molar-refractivity contribution >= 4 is 16.7 Å². The monoisotopic (exact) mass is 293 g/mol. The second kappa shape index (κ2) is 7.02. The zero-order valence-corrected chi connectivity index (χ0v) is 13.1. The largest absolute Gasteiger partial charge is 0.345 e. The molecule has 0 radical (unpaired) electrons. The Balaban J connectivity index is 1.89. The van der Waals surface area contributed by atoms with E-state index in [1.165, 1.54) is 25.7 Å². The van der Waals surface area contributed by atoms with Crippen molar-refractivity contribution in [1.29, 1.82) is 0 Å². The smallest absolute Gasteiger partial charge is 0.253 e. The molecule has 0 aromatic heterocycles. The maximum atomic E-state index is 12.1. The molecule has 110 valence electrons. The summed E-state index contributed by atoms with van der Waals surface area (Å²) in [7, 11) is 2.70. The molecule has 1 saturated carbocycles. The Hall–Kier alpha value is -1.16. The van der Waals surface area contributed by atoms with Crippen LogP contribution >= 0.6 is 0 Å². The third-order valence-electron chi connectivity index (χ3n) is 3.83. The number of benzene rings is 1. The van der Waals surface area contributed by atoms with E-state index in [0.29, 0.717) is 17.2 Å². The van der Waals surface area contributed by atoms with Gasteiger partial charge in [0.1, 0.15) is 0 Å². The summed E-state index contributed by atoms with van der Waals surface area (Å²) in [5.74, 6) is 2.10. The van der Waals surface area contributed by atoms with Crippen molar-refractivity contribution in [3.05, 3.63) is 35.4 Å². The Bertz CT molecular complexity index is 476. The standard InChI is InChI=1S/C16H23NO2S/c1-17(2)16(18)15-9-7-14(8-10-15)12-20(19)11-13-5-3-4-6-13/h7-10,13H,3-6,11-12H2,1-2H3. The van der Waals surface area contributed by atoms with Crippen LogP contribution in [0.5, 0.6) is 0 Å². The van der Waals surface area contributed by atoms with E-state index < -0.39 is 10.8 Å². The van der Waals surface area contributed by atoms with Gasteiger partial charge in [-0.15, -0.1) is 0 Å². The van der Waals surface area contributed by atoms with Gasteiger partial charge in [-0.3, -0.25) is 9.00 Å². The first-order chi connectivity index (χ1) is 9.56. The fourth-order valence-corrected chi connectivity index (χ4v) is 4.23. The Morgan fingerprint density at radius 1 is 1.20 bits per heavy atom. The highest BCUT2D eigenvalue weighted by molar-refractivity contribution is 7.84. The normalized spacial score (nSPS) is 17.1. The molecule has 3 nitrogen and oxygen atoms in total. The summed E-state index contributed by atoms with van der Waals surface area (Å²) in [6.07, 6.45) is 5.07. The van der Waals surface area contributed by atoms with Crippen molar-refractivity contribution in [3.63, 3.8) is 0 Å². The van der Waals surface area contributed by atoms with Crippen LogP contribution in [0.2, 0.25) is 0 Å². The molecule has 1 atom stereocenters. The van der Waals surface area contributed by atoms with Crippen LogP contribution in [0.4, 0.5) is 0 Å². The molecular formula is C16H23NO2S. The van der Waals surface area contributed by atoms with Crippen molar-refractivity contribution in [2.45, 2.75) is 31.4 Å². The molecule has 1 amide bonds. The fourth-order valence-electron chi connectivity index (χ4n) is 2.69. The van der Waals surface area contributed by atoms with E-state index in [0.717, 1.165) is 11.3 Å². The van der Waals surface area contributed by atoms with Gasteiger partial charge in [0.2, 0.25) is 0 Å². The molecule has 0 saturated heterocycles. The quantitative estimate of drug-likeness (QED) is 0.837. The molecule has 1 aromatic rings. The highest BCUT2D eigenvalue weighted by Gasteiger charge is 2.17. The highest BCUT2D eigenvalue weighted by Crippen LogP contribution is 2.25.